The van der Waals surface area contributed by atoms with Gasteiger partial charge >= 0.3 is 0 Å². The van der Waals surface area contributed by atoms with Crippen molar-refractivity contribution >= 4 is 22.9 Å². The SMILES string of the molecule is O=C1N[C@H](C(=O)N2CCNCC2)CS1. The zero-order chi connectivity index (χ0) is 9.97. The Morgan fingerprint density at radius 1 is 1.43 bits per heavy atom. The van der Waals surface area contributed by atoms with Gasteiger partial charge in [-0.05, 0) is 0 Å². The van der Waals surface area contributed by atoms with E-state index in [1.807, 2.05) is 4.90 Å². The molecule has 2 aliphatic heterocycles. The van der Waals surface area contributed by atoms with E-state index in [1.54, 1.807) is 0 Å². The predicted octanol–water partition coefficient (Wildman–Crippen LogP) is -0.757. The van der Waals surface area contributed by atoms with Crippen molar-refractivity contribution in [2.24, 2.45) is 0 Å². The van der Waals surface area contributed by atoms with E-state index in [0.717, 1.165) is 26.2 Å². The summed E-state index contributed by atoms with van der Waals surface area (Å²) in [5, 5.41) is 5.76. The largest absolute Gasteiger partial charge is 0.338 e. The zero-order valence-corrected chi connectivity index (χ0v) is 8.60. The summed E-state index contributed by atoms with van der Waals surface area (Å²) in [5.74, 6) is 0.631. The molecule has 0 aromatic heterocycles. The van der Waals surface area contributed by atoms with Crippen LogP contribution in [0.5, 0.6) is 0 Å². The second-order valence-electron chi connectivity index (χ2n) is 3.37. The van der Waals surface area contributed by atoms with Crippen molar-refractivity contribution in [2.45, 2.75) is 6.04 Å². The molecule has 0 aromatic rings. The first-order chi connectivity index (χ1) is 6.77. The summed E-state index contributed by atoms with van der Waals surface area (Å²) in [6.45, 7) is 3.19. The van der Waals surface area contributed by atoms with Gasteiger partial charge in [0.1, 0.15) is 6.04 Å². The molecule has 6 heteroatoms. The minimum atomic E-state index is -0.300. The van der Waals surface area contributed by atoms with Crippen LogP contribution in [0, 0.1) is 0 Å². The Labute approximate surface area is 86.6 Å². The van der Waals surface area contributed by atoms with Crippen LogP contribution in [0.1, 0.15) is 0 Å². The average molecular weight is 215 g/mol. The van der Waals surface area contributed by atoms with Crippen LogP contribution < -0.4 is 10.6 Å². The van der Waals surface area contributed by atoms with Gasteiger partial charge in [0.05, 0.1) is 0 Å². The molecule has 0 bridgehead atoms. The molecule has 0 radical (unpaired) electrons. The van der Waals surface area contributed by atoms with Gasteiger partial charge in [-0.25, -0.2) is 0 Å². The molecule has 0 unspecified atom stereocenters. The molecule has 1 atom stereocenters. The molecule has 0 aliphatic carbocycles. The molecule has 0 aromatic carbocycles. The van der Waals surface area contributed by atoms with Gasteiger partial charge < -0.3 is 15.5 Å². The fraction of sp³-hybridized carbons (Fsp3) is 0.750. The highest BCUT2D eigenvalue weighted by atomic mass is 32.2. The summed E-state index contributed by atoms with van der Waals surface area (Å²) < 4.78 is 0. The molecule has 14 heavy (non-hydrogen) atoms. The Balaban J connectivity index is 1.90. The lowest BCUT2D eigenvalue weighted by atomic mass is 10.2. The maximum Gasteiger partial charge on any atom is 0.279 e. The fourth-order valence-corrected chi connectivity index (χ4v) is 2.39. The number of rotatable bonds is 1. The summed E-state index contributed by atoms with van der Waals surface area (Å²) >= 11 is 1.18. The minimum Gasteiger partial charge on any atom is -0.338 e. The van der Waals surface area contributed by atoms with Crippen LogP contribution in [0.3, 0.4) is 0 Å². The van der Waals surface area contributed by atoms with Crippen LogP contribution in [0.2, 0.25) is 0 Å². The van der Waals surface area contributed by atoms with Gasteiger partial charge in [-0.1, -0.05) is 11.8 Å². The number of carbonyl (C=O) groups excluding carboxylic acids is 2. The van der Waals surface area contributed by atoms with Crippen LogP contribution in [0.4, 0.5) is 4.79 Å². The van der Waals surface area contributed by atoms with Crippen LogP contribution >= 0.6 is 11.8 Å². The Hall–Kier alpha value is -0.750. The van der Waals surface area contributed by atoms with Gasteiger partial charge in [0, 0.05) is 31.9 Å². The summed E-state index contributed by atoms with van der Waals surface area (Å²) in [7, 11) is 0. The summed E-state index contributed by atoms with van der Waals surface area (Å²) in [5.41, 5.74) is 0. The lowest BCUT2D eigenvalue weighted by Crippen LogP contribution is -2.52. The molecule has 2 N–H and O–H groups in total. The van der Waals surface area contributed by atoms with Crippen LogP contribution in [0.15, 0.2) is 0 Å². The number of thioether (sulfide) groups is 1. The van der Waals surface area contributed by atoms with E-state index < -0.39 is 0 Å². The van der Waals surface area contributed by atoms with E-state index >= 15 is 0 Å². The third-order valence-corrected chi connectivity index (χ3v) is 3.28. The minimum absolute atomic E-state index is 0.0600. The average Bonchev–Trinajstić information content (AvgIpc) is 2.65. The highest BCUT2D eigenvalue weighted by Crippen LogP contribution is 2.14. The molecule has 78 valence electrons. The van der Waals surface area contributed by atoms with E-state index in [1.165, 1.54) is 11.8 Å². The Kier molecular flexibility index (Phi) is 2.93. The number of amides is 2. The maximum absolute atomic E-state index is 11.8. The third kappa shape index (κ3) is 2.01. The van der Waals surface area contributed by atoms with Crippen molar-refractivity contribution in [3.63, 3.8) is 0 Å². The quantitative estimate of drug-likeness (QED) is 0.604. The predicted molar refractivity (Wildman–Crippen MR) is 54.2 cm³/mol. The van der Waals surface area contributed by atoms with Crippen LogP contribution in [0.25, 0.3) is 0 Å². The normalized spacial score (nSPS) is 27.6. The Morgan fingerprint density at radius 3 is 2.71 bits per heavy atom. The molecule has 2 rings (SSSR count). The van der Waals surface area contributed by atoms with E-state index in [2.05, 4.69) is 10.6 Å². The Bertz CT molecular complexity index is 253. The molecule has 2 aliphatic rings. The van der Waals surface area contributed by atoms with Crippen molar-refractivity contribution in [3.05, 3.63) is 0 Å². The Morgan fingerprint density at radius 2 is 2.14 bits per heavy atom. The van der Waals surface area contributed by atoms with Gasteiger partial charge in [0.15, 0.2) is 0 Å². The number of nitrogens with zero attached hydrogens (tertiary/aromatic N) is 1. The number of piperazine rings is 1. The van der Waals surface area contributed by atoms with E-state index in [-0.39, 0.29) is 17.2 Å². The van der Waals surface area contributed by atoms with Gasteiger partial charge in [-0.15, -0.1) is 0 Å². The summed E-state index contributed by atoms with van der Waals surface area (Å²) in [6, 6.07) is -0.300. The van der Waals surface area contributed by atoms with Gasteiger partial charge in [0.25, 0.3) is 5.24 Å². The molecule has 2 saturated heterocycles. The van der Waals surface area contributed by atoms with E-state index in [9.17, 15) is 9.59 Å². The summed E-state index contributed by atoms with van der Waals surface area (Å²) in [6.07, 6.45) is 0. The highest BCUT2D eigenvalue weighted by molar-refractivity contribution is 8.14. The standard InChI is InChI=1S/C8H13N3O2S/c12-7(6-5-14-8(13)10-6)11-3-1-9-2-4-11/h6,9H,1-5H2,(H,10,13)/t6-/m0/s1. The summed E-state index contributed by atoms with van der Waals surface area (Å²) in [4.78, 5) is 24.5. The molecule has 0 saturated carbocycles. The van der Waals surface area contributed by atoms with Crippen molar-refractivity contribution < 1.29 is 9.59 Å². The first kappa shape index (κ1) is 9.79. The van der Waals surface area contributed by atoms with Gasteiger partial charge in [0.2, 0.25) is 5.91 Å². The fourth-order valence-electron chi connectivity index (χ4n) is 1.62. The molecule has 2 amide bonds. The van der Waals surface area contributed by atoms with Crippen molar-refractivity contribution in [2.75, 3.05) is 31.9 Å². The molecular formula is C8H13N3O2S. The highest BCUT2D eigenvalue weighted by Gasteiger charge is 2.31. The van der Waals surface area contributed by atoms with Crippen molar-refractivity contribution in [1.29, 1.82) is 0 Å². The third-order valence-electron chi connectivity index (χ3n) is 2.40. The maximum atomic E-state index is 11.8. The van der Waals surface area contributed by atoms with Crippen molar-refractivity contribution in [1.82, 2.24) is 15.5 Å². The smallest absolute Gasteiger partial charge is 0.279 e. The molecule has 2 heterocycles. The van der Waals surface area contributed by atoms with E-state index in [0.29, 0.717) is 5.75 Å². The molecule has 2 fully saturated rings. The molecular weight excluding hydrogens is 202 g/mol. The van der Waals surface area contributed by atoms with Crippen molar-refractivity contribution in [3.8, 4) is 0 Å². The number of hydrogen-bond donors (Lipinski definition) is 2. The molecule has 5 nitrogen and oxygen atoms in total. The first-order valence-corrected chi connectivity index (χ1v) is 5.69. The van der Waals surface area contributed by atoms with Gasteiger partial charge in [-0.2, -0.15) is 0 Å². The number of nitrogens with one attached hydrogen (secondary N) is 2. The number of hydrogen-bond acceptors (Lipinski definition) is 4. The second-order valence-corrected chi connectivity index (χ2v) is 4.36. The van der Waals surface area contributed by atoms with Crippen LogP contribution in [-0.4, -0.2) is 54.0 Å². The number of carbonyl (C=O) groups is 2. The zero-order valence-electron chi connectivity index (χ0n) is 7.78. The lowest BCUT2D eigenvalue weighted by Gasteiger charge is -2.29. The monoisotopic (exact) mass is 215 g/mol. The molecule has 0 spiro atoms. The topological polar surface area (TPSA) is 61.4 Å². The van der Waals surface area contributed by atoms with E-state index in [4.69, 9.17) is 0 Å². The van der Waals surface area contributed by atoms with Gasteiger partial charge in [-0.3, -0.25) is 9.59 Å². The first-order valence-electron chi connectivity index (χ1n) is 4.70. The second kappa shape index (κ2) is 4.18. The lowest BCUT2D eigenvalue weighted by molar-refractivity contribution is -0.133. The van der Waals surface area contributed by atoms with Crippen LogP contribution in [-0.2, 0) is 4.79 Å².